The second-order valence-electron chi connectivity index (χ2n) is 2.38. The van der Waals surface area contributed by atoms with Gasteiger partial charge in [0, 0.05) is 11.9 Å². The van der Waals surface area contributed by atoms with E-state index in [4.69, 9.17) is 17.3 Å². The number of alkyl halides is 1. The highest BCUT2D eigenvalue weighted by Gasteiger charge is 1.98. The first kappa shape index (κ1) is 9.25. The van der Waals surface area contributed by atoms with Gasteiger partial charge in [0.05, 0.1) is 0 Å². The first-order valence-electron chi connectivity index (χ1n) is 3.62. The second-order valence-corrected chi connectivity index (χ2v) is 2.76. The van der Waals surface area contributed by atoms with E-state index < -0.39 is 0 Å². The lowest BCUT2D eigenvalue weighted by Crippen LogP contribution is -2.19. The predicted molar refractivity (Wildman–Crippen MR) is 42.8 cm³/mol. The molecule has 1 atom stereocenters. The minimum atomic E-state index is 0.383. The molecule has 1 unspecified atom stereocenters. The van der Waals surface area contributed by atoms with Gasteiger partial charge in [-0.15, -0.1) is 11.6 Å². The third-order valence-corrected chi connectivity index (χ3v) is 1.64. The summed E-state index contributed by atoms with van der Waals surface area (Å²) in [5, 5.41) is 0. The Morgan fingerprint density at radius 2 is 2.11 bits per heavy atom. The molecule has 0 rings (SSSR count). The summed E-state index contributed by atoms with van der Waals surface area (Å²) in [6.45, 7) is 2.15. The molecule has 0 aliphatic rings. The summed E-state index contributed by atoms with van der Waals surface area (Å²) >= 11 is 5.49. The maximum atomic E-state index is 5.71. The fourth-order valence-corrected chi connectivity index (χ4v) is 1.01. The van der Waals surface area contributed by atoms with Crippen molar-refractivity contribution >= 4 is 11.6 Å². The summed E-state index contributed by atoms with van der Waals surface area (Å²) in [6, 6.07) is 0.383. The summed E-state index contributed by atoms with van der Waals surface area (Å²) in [4.78, 5) is 0. The van der Waals surface area contributed by atoms with Gasteiger partial charge in [0.1, 0.15) is 0 Å². The molecule has 2 heteroatoms. The topological polar surface area (TPSA) is 26.0 Å². The molecule has 0 amide bonds. The number of hydrogen-bond donors (Lipinski definition) is 1. The Hall–Kier alpha value is 0.250. The largest absolute Gasteiger partial charge is 0.328 e. The summed E-state index contributed by atoms with van der Waals surface area (Å²) in [6.07, 6.45) is 4.46. The van der Waals surface area contributed by atoms with E-state index in [1.807, 2.05) is 0 Å². The van der Waals surface area contributed by atoms with Crippen molar-refractivity contribution in [3.63, 3.8) is 0 Å². The van der Waals surface area contributed by atoms with Crippen LogP contribution in [-0.4, -0.2) is 11.9 Å². The normalized spacial score (nSPS) is 13.7. The monoisotopic (exact) mass is 149 g/mol. The molecule has 0 spiro atoms. The van der Waals surface area contributed by atoms with E-state index >= 15 is 0 Å². The molecular weight excluding hydrogens is 134 g/mol. The van der Waals surface area contributed by atoms with Gasteiger partial charge in [-0.05, 0) is 19.3 Å². The van der Waals surface area contributed by atoms with Gasteiger partial charge >= 0.3 is 0 Å². The minimum absolute atomic E-state index is 0.383. The fourth-order valence-electron chi connectivity index (χ4n) is 0.854. The van der Waals surface area contributed by atoms with Crippen LogP contribution in [0.4, 0.5) is 0 Å². The summed E-state index contributed by atoms with van der Waals surface area (Å²) in [7, 11) is 0. The highest BCUT2D eigenvalue weighted by molar-refractivity contribution is 6.17. The summed E-state index contributed by atoms with van der Waals surface area (Å²) in [5.41, 5.74) is 5.71. The Kier molecular flexibility index (Phi) is 6.55. The molecule has 2 N–H and O–H groups in total. The van der Waals surface area contributed by atoms with Crippen LogP contribution in [0.25, 0.3) is 0 Å². The lowest BCUT2D eigenvalue weighted by molar-refractivity contribution is 0.555. The molecule has 0 fully saturated rings. The number of rotatable bonds is 5. The van der Waals surface area contributed by atoms with Crippen LogP contribution < -0.4 is 5.73 Å². The van der Waals surface area contributed by atoms with Gasteiger partial charge in [0.2, 0.25) is 0 Å². The van der Waals surface area contributed by atoms with Crippen LogP contribution in [0.5, 0.6) is 0 Å². The Bertz CT molecular complexity index is 56.9. The zero-order valence-electron chi connectivity index (χ0n) is 6.07. The minimum Gasteiger partial charge on any atom is -0.328 e. The molecule has 0 saturated carbocycles. The predicted octanol–water partition coefficient (Wildman–Crippen LogP) is 2.13. The van der Waals surface area contributed by atoms with E-state index in [2.05, 4.69) is 6.92 Å². The van der Waals surface area contributed by atoms with Crippen molar-refractivity contribution < 1.29 is 0 Å². The fraction of sp³-hybridized carbons (Fsp3) is 1.00. The first-order chi connectivity index (χ1) is 4.31. The lowest BCUT2D eigenvalue weighted by Gasteiger charge is -2.07. The van der Waals surface area contributed by atoms with E-state index in [0.29, 0.717) is 6.04 Å². The van der Waals surface area contributed by atoms with Gasteiger partial charge in [-0.25, -0.2) is 0 Å². The molecule has 1 nitrogen and oxygen atoms in total. The summed E-state index contributed by atoms with van der Waals surface area (Å²) < 4.78 is 0. The molecular formula is C7H16ClN. The standard InChI is InChI=1S/C7H16ClN/c1-2-4-7(9)5-3-6-8/h7H,2-6,9H2,1H3. The Labute approximate surface area is 62.6 Å². The van der Waals surface area contributed by atoms with Crippen molar-refractivity contribution in [1.29, 1.82) is 0 Å². The van der Waals surface area contributed by atoms with Gasteiger partial charge in [-0.3, -0.25) is 0 Å². The molecule has 0 aromatic rings. The van der Waals surface area contributed by atoms with Gasteiger partial charge in [-0.1, -0.05) is 13.3 Å². The van der Waals surface area contributed by atoms with E-state index in [1.54, 1.807) is 0 Å². The smallest absolute Gasteiger partial charge is 0.0224 e. The molecule has 0 bridgehead atoms. The van der Waals surface area contributed by atoms with Crippen LogP contribution >= 0.6 is 11.6 Å². The van der Waals surface area contributed by atoms with Crippen molar-refractivity contribution in [3.05, 3.63) is 0 Å². The molecule has 9 heavy (non-hydrogen) atoms. The van der Waals surface area contributed by atoms with E-state index in [9.17, 15) is 0 Å². The van der Waals surface area contributed by atoms with Crippen molar-refractivity contribution in [3.8, 4) is 0 Å². The second kappa shape index (κ2) is 6.37. The van der Waals surface area contributed by atoms with Gasteiger partial charge in [0.15, 0.2) is 0 Å². The molecule has 0 aliphatic carbocycles. The van der Waals surface area contributed by atoms with Gasteiger partial charge in [0.25, 0.3) is 0 Å². The van der Waals surface area contributed by atoms with Crippen LogP contribution in [0.2, 0.25) is 0 Å². The Balaban J connectivity index is 2.95. The average Bonchev–Trinajstić information content (AvgIpc) is 1.85. The molecule has 0 aliphatic heterocycles. The van der Waals surface area contributed by atoms with Crippen molar-refractivity contribution in [1.82, 2.24) is 0 Å². The van der Waals surface area contributed by atoms with Crippen molar-refractivity contribution in [2.45, 2.75) is 38.6 Å². The number of hydrogen-bond acceptors (Lipinski definition) is 1. The van der Waals surface area contributed by atoms with E-state index in [-0.39, 0.29) is 0 Å². The van der Waals surface area contributed by atoms with Crippen LogP contribution in [-0.2, 0) is 0 Å². The maximum absolute atomic E-state index is 5.71. The maximum Gasteiger partial charge on any atom is 0.0224 e. The zero-order chi connectivity index (χ0) is 7.11. The molecule has 0 heterocycles. The highest BCUT2D eigenvalue weighted by atomic mass is 35.5. The molecule has 0 saturated heterocycles. The number of halogens is 1. The highest BCUT2D eigenvalue weighted by Crippen LogP contribution is 2.01. The molecule has 0 aromatic carbocycles. The molecule has 0 aromatic heterocycles. The lowest BCUT2D eigenvalue weighted by atomic mass is 10.1. The Morgan fingerprint density at radius 1 is 1.44 bits per heavy atom. The molecule has 0 radical (unpaired) electrons. The third-order valence-electron chi connectivity index (χ3n) is 1.37. The van der Waals surface area contributed by atoms with E-state index in [1.165, 1.54) is 6.42 Å². The summed E-state index contributed by atoms with van der Waals surface area (Å²) in [5.74, 6) is 0.747. The quantitative estimate of drug-likeness (QED) is 0.596. The van der Waals surface area contributed by atoms with Crippen molar-refractivity contribution in [2.24, 2.45) is 5.73 Å². The zero-order valence-corrected chi connectivity index (χ0v) is 6.82. The first-order valence-corrected chi connectivity index (χ1v) is 4.16. The van der Waals surface area contributed by atoms with Gasteiger partial charge < -0.3 is 5.73 Å². The van der Waals surface area contributed by atoms with Gasteiger partial charge in [-0.2, -0.15) is 0 Å². The average molecular weight is 150 g/mol. The third kappa shape index (κ3) is 6.13. The van der Waals surface area contributed by atoms with Crippen LogP contribution in [0.3, 0.4) is 0 Å². The van der Waals surface area contributed by atoms with Crippen LogP contribution in [0.15, 0.2) is 0 Å². The Morgan fingerprint density at radius 3 is 2.56 bits per heavy atom. The SMILES string of the molecule is CCCC(N)CCCCl. The van der Waals surface area contributed by atoms with E-state index in [0.717, 1.165) is 25.1 Å². The number of nitrogens with two attached hydrogens (primary N) is 1. The molecule has 56 valence electrons. The van der Waals surface area contributed by atoms with Crippen LogP contribution in [0.1, 0.15) is 32.6 Å². The van der Waals surface area contributed by atoms with Crippen LogP contribution in [0, 0.1) is 0 Å². The van der Waals surface area contributed by atoms with Crippen molar-refractivity contribution in [2.75, 3.05) is 5.88 Å².